The number of rotatable bonds is 8. The van der Waals surface area contributed by atoms with Gasteiger partial charge in [-0.1, -0.05) is 6.07 Å². The van der Waals surface area contributed by atoms with Crippen molar-refractivity contribution in [3.63, 3.8) is 0 Å². The van der Waals surface area contributed by atoms with Gasteiger partial charge < -0.3 is 20.2 Å². The minimum atomic E-state index is -1.13. The van der Waals surface area contributed by atoms with Gasteiger partial charge in [0.1, 0.15) is 17.1 Å². The van der Waals surface area contributed by atoms with E-state index in [9.17, 15) is 5.11 Å². The molecule has 2 atom stereocenters. The highest BCUT2D eigenvalue weighted by atomic mass is 127. The summed E-state index contributed by atoms with van der Waals surface area (Å²) in [7, 11) is 0. The number of aryl methyl sites for hydroxylation is 1. The van der Waals surface area contributed by atoms with E-state index in [1.807, 2.05) is 30.4 Å². The molecule has 0 aromatic carbocycles. The summed E-state index contributed by atoms with van der Waals surface area (Å²) < 4.78 is 5.59. The minimum absolute atomic E-state index is 0. The molecule has 3 N–H and O–H groups in total. The summed E-state index contributed by atoms with van der Waals surface area (Å²) in [6.45, 7) is 10.9. The maximum Gasteiger partial charge on any atom is 0.191 e. The molecule has 0 amide bonds. The molecule has 2 unspecified atom stereocenters. The van der Waals surface area contributed by atoms with Crippen molar-refractivity contribution in [2.24, 2.45) is 10.9 Å². The lowest BCUT2D eigenvalue weighted by Gasteiger charge is -2.32. The lowest BCUT2D eigenvalue weighted by molar-refractivity contribution is 0.0428. The van der Waals surface area contributed by atoms with Gasteiger partial charge in [0.05, 0.1) is 6.54 Å². The van der Waals surface area contributed by atoms with Crippen LogP contribution in [0.3, 0.4) is 0 Å². The summed E-state index contributed by atoms with van der Waals surface area (Å²) in [5.41, 5.74) is -1.13. The van der Waals surface area contributed by atoms with E-state index >= 15 is 0 Å². The Morgan fingerprint density at radius 1 is 1.37 bits per heavy atom. The monoisotopic (exact) mass is 546 g/mol. The van der Waals surface area contributed by atoms with Gasteiger partial charge in [-0.25, -0.2) is 4.99 Å². The lowest BCUT2D eigenvalue weighted by Crippen LogP contribution is -2.44. The van der Waals surface area contributed by atoms with Crippen LogP contribution in [-0.4, -0.2) is 48.7 Å². The van der Waals surface area contributed by atoms with Crippen LogP contribution in [0.5, 0.6) is 0 Å². The number of thiophene rings is 1. The van der Waals surface area contributed by atoms with E-state index in [4.69, 9.17) is 4.42 Å². The second kappa shape index (κ2) is 12.1. The SMILES string of the molecule is CCNC(=NCC(C)(O)c1ccc(C)o1)NCC1CCCN(Cc2cccs2)C1.I. The predicted molar refractivity (Wildman–Crippen MR) is 135 cm³/mol. The first-order valence-electron chi connectivity index (χ1n) is 10.5. The first-order valence-corrected chi connectivity index (χ1v) is 11.4. The molecule has 3 heterocycles. The van der Waals surface area contributed by atoms with E-state index in [-0.39, 0.29) is 30.5 Å². The molecule has 0 radical (unpaired) electrons. The number of furan rings is 1. The van der Waals surface area contributed by atoms with Gasteiger partial charge in [0.25, 0.3) is 0 Å². The molecule has 1 aliphatic heterocycles. The third-order valence-corrected chi connectivity index (χ3v) is 6.14. The number of aliphatic hydroxyl groups is 1. The van der Waals surface area contributed by atoms with Crippen LogP contribution in [0.25, 0.3) is 0 Å². The topological polar surface area (TPSA) is 73.0 Å². The molecule has 6 nitrogen and oxygen atoms in total. The van der Waals surface area contributed by atoms with Gasteiger partial charge in [0.2, 0.25) is 0 Å². The zero-order chi connectivity index (χ0) is 20.7. The van der Waals surface area contributed by atoms with Gasteiger partial charge in [-0.2, -0.15) is 0 Å². The van der Waals surface area contributed by atoms with Crippen molar-refractivity contribution in [3.05, 3.63) is 46.0 Å². The summed E-state index contributed by atoms with van der Waals surface area (Å²) in [6, 6.07) is 8.02. The molecule has 0 spiro atoms. The highest BCUT2D eigenvalue weighted by Gasteiger charge is 2.27. The minimum Gasteiger partial charge on any atom is -0.463 e. The lowest BCUT2D eigenvalue weighted by atomic mass is 9.98. The molecule has 168 valence electrons. The maximum atomic E-state index is 10.7. The predicted octanol–water partition coefficient (Wildman–Crippen LogP) is 3.94. The molecular formula is C22H35IN4O2S. The van der Waals surface area contributed by atoms with Crippen LogP contribution < -0.4 is 10.6 Å². The van der Waals surface area contributed by atoms with Crippen molar-refractivity contribution >= 4 is 41.3 Å². The molecule has 1 saturated heterocycles. The Hall–Kier alpha value is -1.10. The molecular weight excluding hydrogens is 511 g/mol. The van der Waals surface area contributed by atoms with Gasteiger partial charge in [-0.3, -0.25) is 4.90 Å². The van der Waals surface area contributed by atoms with Gasteiger partial charge in [0, 0.05) is 31.1 Å². The third kappa shape index (κ3) is 7.55. The zero-order valence-electron chi connectivity index (χ0n) is 18.2. The number of aliphatic imine (C=N–C) groups is 1. The van der Waals surface area contributed by atoms with Gasteiger partial charge in [0.15, 0.2) is 5.96 Å². The Morgan fingerprint density at radius 3 is 2.87 bits per heavy atom. The summed E-state index contributed by atoms with van der Waals surface area (Å²) in [6.07, 6.45) is 2.47. The van der Waals surface area contributed by atoms with Crippen molar-refractivity contribution in [2.45, 2.75) is 45.8 Å². The van der Waals surface area contributed by atoms with Crippen LogP contribution in [0.15, 0.2) is 39.1 Å². The van der Waals surface area contributed by atoms with Crippen LogP contribution in [0.4, 0.5) is 0 Å². The summed E-state index contributed by atoms with van der Waals surface area (Å²) >= 11 is 1.83. The molecule has 1 aliphatic rings. The normalized spacial score (nSPS) is 19.7. The fourth-order valence-electron chi connectivity index (χ4n) is 3.70. The Labute approximate surface area is 201 Å². The molecule has 2 aromatic rings. The van der Waals surface area contributed by atoms with E-state index in [1.54, 1.807) is 6.92 Å². The number of likely N-dealkylation sites (tertiary alicyclic amines) is 1. The van der Waals surface area contributed by atoms with Crippen LogP contribution >= 0.6 is 35.3 Å². The molecule has 30 heavy (non-hydrogen) atoms. The average Bonchev–Trinajstić information content (AvgIpc) is 3.36. The molecule has 8 heteroatoms. The van der Waals surface area contributed by atoms with Crippen LogP contribution in [0.2, 0.25) is 0 Å². The Kier molecular flexibility index (Phi) is 10.1. The Bertz CT molecular complexity index is 776. The Morgan fingerprint density at radius 2 is 2.20 bits per heavy atom. The molecule has 0 aliphatic carbocycles. The number of guanidine groups is 1. The standard InChI is InChI=1S/C22H34N4O2S.HI/c1-4-23-21(25-16-22(3,27)20-10-9-17(2)28-20)24-13-18-7-5-11-26(14-18)15-19-8-6-12-29-19;/h6,8-10,12,18,27H,4-5,7,11,13-16H2,1-3H3,(H2,23,24,25);1H. The molecule has 0 saturated carbocycles. The van der Waals surface area contributed by atoms with Crippen molar-refractivity contribution in [1.82, 2.24) is 15.5 Å². The third-order valence-electron chi connectivity index (χ3n) is 5.28. The second-order valence-corrected chi connectivity index (χ2v) is 9.12. The number of hydrogen-bond donors (Lipinski definition) is 3. The van der Waals surface area contributed by atoms with E-state index in [0.717, 1.165) is 37.9 Å². The van der Waals surface area contributed by atoms with Crippen LogP contribution in [-0.2, 0) is 12.1 Å². The zero-order valence-corrected chi connectivity index (χ0v) is 21.3. The number of nitrogens with one attached hydrogen (secondary N) is 2. The Balaban J connectivity index is 0.00000320. The van der Waals surface area contributed by atoms with Gasteiger partial charge in [-0.05, 0) is 69.7 Å². The average molecular weight is 547 g/mol. The number of halogens is 1. The maximum absolute atomic E-state index is 10.7. The summed E-state index contributed by atoms with van der Waals surface area (Å²) in [4.78, 5) is 8.59. The fourth-order valence-corrected chi connectivity index (χ4v) is 4.45. The van der Waals surface area contributed by atoms with E-state index in [1.165, 1.54) is 24.3 Å². The quantitative estimate of drug-likeness (QED) is 0.266. The fraction of sp³-hybridized carbons (Fsp3) is 0.591. The number of piperidine rings is 1. The van der Waals surface area contributed by atoms with Gasteiger partial charge in [-0.15, -0.1) is 35.3 Å². The van der Waals surface area contributed by atoms with E-state index in [2.05, 4.69) is 45.0 Å². The van der Waals surface area contributed by atoms with Crippen LogP contribution in [0, 0.1) is 12.8 Å². The number of hydrogen-bond acceptors (Lipinski definition) is 5. The molecule has 3 rings (SSSR count). The number of nitrogens with zero attached hydrogens (tertiary/aromatic N) is 2. The van der Waals surface area contributed by atoms with Gasteiger partial charge >= 0.3 is 0 Å². The van der Waals surface area contributed by atoms with Crippen LogP contribution in [0.1, 0.15) is 43.1 Å². The van der Waals surface area contributed by atoms with E-state index in [0.29, 0.717) is 11.7 Å². The molecule has 1 fully saturated rings. The highest BCUT2D eigenvalue weighted by molar-refractivity contribution is 14.0. The van der Waals surface area contributed by atoms with Crippen molar-refractivity contribution in [3.8, 4) is 0 Å². The smallest absolute Gasteiger partial charge is 0.191 e. The first-order chi connectivity index (χ1) is 14.0. The summed E-state index contributed by atoms with van der Waals surface area (Å²) in [5.74, 6) is 2.68. The van der Waals surface area contributed by atoms with Crippen molar-refractivity contribution < 1.29 is 9.52 Å². The van der Waals surface area contributed by atoms with Crippen molar-refractivity contribution in [1.29, 1.82) is 0 Å². The van der Waals surface area contributed by atoms with Crippen molar-refractivity contribution in [2.75, 3.05) is 32.7 Å². The molecule has 2 aromatic heterocycles. The highest BCUT2D eigenvalue weighted by Crippen LogP contribution is 2.23. The largest absolute Gasteiger partial charge is 0.463 e. The summed E-state index contributed by atoms with van der Waals surface area (Å²) in [5, 5.41) is 19.6. The second-order valence-electron chi connectivity index (χ2n) is 8.08. The first kappa shape index (κ1) is 25.2. The van der Waals surface area contributed by atoms with E-state index < -0.39 is 5.60 Å². The molecule has 0 bridgehead atoms.